The van der Waals surface area contributed by atoms with Crippen LogP contribution in [-0.2, 0) is 0 Å². The fraction of sp³-hybridized carbons (Fsp3) is 1.00. The summed E-state index contributed by atoms with van der Waals surface area (Å²) in [4.78, 5) is 0. The second kappa shape index (κ2) is 4.37. The van der Waals surface area contributed by atoms with Crippen LogP contribution < -0.4 is 0 Å². The van der Waals surface area contributed by atoms with Crippen molar-refractivity contribution < 1.29 is 5.11 Å². The summed E-state index contributed by atoms with van der Waals surface area (Å²) in [5.41, 5.74) is -0.218. The molecule has 1 nitrogen and oxygen atoms in total. The Labute approximate surface area is 69.1 Å². The molecular weight excluding hydrogens is 164 g/mol. The molecule has 0 aromatic rings. The number of hydrogen-bond acceptors (Lipinski definition) is 1. The van der Waals surface area contributed by atoms with Gasteiger partial charge in [-0.2, -0.15) is 11.1 Å². The predicted octanol–water partition coefficient (Wildman–Crippen LogP) is 2.52. The normalized spacial score (nSPS) is 15.3. The van der Waals surface area contributed by atoms with E-state index in [4.69, 9.17) is 11.1 Å². The first kappa shape index (κ1) is 10.5. The van der Waals surface area contributed by atoms with Crippen LogP contribution in [0.4, 0.5) is 0 Å². The van der Waals surface area contributed by atoms with Crippen LogP contribution >= 0.6 is 11.1 Å². The van der Waals surface area contributed by atoms with Crippen LogP contribution in [0, 0.1) is 0 Å². The molecule has 0 heterocycles. The summed E-state index contributed by atoms with van der Waals surface area (Å²) in [6, 6.07) is 1.94. The van der Waals surface area contributed by atoms with Crippen LogP contribution in [0.25, 0.3) is 0 Å². The van der Waals surface area contributed by atoms with E-state index in [0.29, 0.717) is 0 Å². The van der Waals surface area contributed by atoms with Gasteiger partial charge >= 0.3 is 0 Å². The highest BCUT2D eigenvalue weighted by Crippen LogP contribution is 2.25. The Morgan fingerprint density at radius 3 is 1.80 bits per heavy atom. The summed E-state index contributed by atoms with van der Waals surface area (Å²) in [6.07, 6.45) is 0.803. The average Bonchev–Trinajstić information content (AvgIpc) is 2.01. The van der Waals surface area contributed by atoms with Crippen molar-refractivity contribution in [3.63, 3.8) is 0 Å². The Bertz CT molecular complexity index is 93.6. The summed E-state index contributed by atoms with van der Waals surface area (Å²) in [5, 5.41) is 9.51. The van der Waals surface area contributed by atoms with Gasteiger partial charge in [0.1, 0.15) is 0 Å². The van der Waals surface area contributed by atoms with Gasteiger partial charge in [0.05, 0.1) is 5.73 Å². The van der Waals surface area contributed by atoms with E-state index in [1.807, 2.05) is 6.92 Å². The zero-order chi connectivity index (χ0) is 8.20. The summed E-state index contributed by atoms with van der Waals surface area (Å²) in [5.74, 6) is 0. The van der Waals surface area contributed by atoms with E-state index in [9.17, 15) is 5.11 Å². The fourth-order valence-electron chi connectivity index (χ4n) is 1.09. The number of hydrogen-bond donors (Lipinski definition) is 1. The first-order chi connectivity index (χ1) is 4.60. The van der Waals surface area contributed by atoms with Gasteiger partial charge in [-0.1, -0.05) is 20.8 Å². The Balaban J connectivity index is 4.02. The molecule has 0 saturated heterocycles. The molecule has 0 fully saturated rings. The largest absolute Gasteiger partial charge is 0.395 e. The van der Waals surface area contributed by atoms with Gasteiger partial charge in [0.25, 0.3) is 0 Å². The molecule has 0 aromatic carbocycles. The summed E-state index contributed by atoms with van der Waals surface area (Å²) >= 11 is 6.25. The molecule has 0 amide bonds. The lowest BCUT2D eigenvalue weighted by Gasteiger charge is -2.25. The molecule has 62 valence electrons. The van der Waals surface area contributed by atoms with Gasteiger partial charge in [-0.15, -0.1) is 0 Å². The number of aliphatic hydroxyl groups is 1. The van der Waals surface area contributed by atoms with Crippen LogP contribution in [-0.4, -0.2) is 18.2 Å². The van der Waals surface area contributed by atoms with Crippen molar-refractivity contribution >= 4 is 18.5 Å². The van der Waals surface area contributed by atoms with E-state index >= 15 is 0 Å². The molecule has 0 saturated carbocycles. The van der Waals surface area contributed by atoms with Gasteiger partial charge < -0.3 is 5.11 Å². The van der Waals surface area contributed by atoms with E-state index in [1.165, 1.54) is 0 Å². The van der Waals surface area contributed by atoms with Crippen LogP contribution in [0.2, 0.25) is 12.1 Å². The SMILES string of the molecule is CCC(O)[Si](Cl)(CC)CC. The molecular formula is C7H17ClOSi. The molecule has 0 aliphatic carbocycles. The smallest absolute Gasteiger partial charge is 0.185 e. The van der Waals surface area contributed by atoms with E-state index in [2.05, 4.69) is 13.8 Å². The van der Waals surface area contributed by atoms with Crippen LogP contribution in [0.15, 0.2) is 0 Å². The van der Waals surface area contributed by atoms with E-state index in [-0.39, 0.29) is 5.73 Å². The zero-order valence-electron chi connectivity index (χ0n) is 7.02. The van der Waals surface area contributed by atoms with Crippen LogP contribution in [0.5, 0.6) is 0 Å². The first-order valence-corrected chi connectivity index (χ1v) is 7.48. The molecule has 1 atom stereocenters. The standard InChI is InChI=1S/C7H17ClOSi/c1-4-7(9)10(8,5-2)6-3/h7,9H,4-6H2,1-3H3. The Kier molecular flexibility index (Phi) is 4.57. The van der Waals surface area contributed by atoms with Crippen molar-refractivity contribution in [2.24, 2.45) is 0 Å². The molecule has 1 N–H and O–H groups in total. The average molecular weight is 181 g/mol. The number of aliphatic hydroxyl groups excluding tert-OH is 1. The van der Waals surface area contributed by atoms with Crippen LogP contribution in [0.3, 0.4) is 0 Å². The molecule has 0 aliphatic rings. The van der Waals surface area contributed by atoms with Crippen molar-refractivity contribution in [3.05, 3.63) is 0 Å². The molecule has 0 radical (unpaired) electrons. The molecule has 0 aromatic heterocycles. The first-order valence-electron chi connectivity index (χ1n) is 3.97. The Hall–Kier alpha value is 0.467. The highest BCUT2D eigenvalue weighted by molar-refractivity contribution is 7.21. The molecule has 1 unspecified atom stereocenters. The summed E-state index contributed by atoms with van der Waals surface area (Å²) in [6.45, 7) is 6.13. The number of halogens is 1. The highest BCUT2D eigenvalue weighted by Gasteiger charge is 2.33. The lowest BCUT2D eigenvalue weighted by molar-refractivity contribution is 0.240. The maximum Gasteiger partial charge on any atom is 0.185 e. The van der Waals surface area contributed by atoms with Crippen molar-refractivity contribution in [1.82, 2.24) is 0 Å². The van der Waals surface area contributed by atoms with Gasteiger partial charge in [0.15, 0.2) is 7.38 Å². The lowest BCUT2D eigenvalue weighted by atomic mass is 10.5. The second-order valence-corrected chi connectivity index (χ2v) is 9.07. The highest BCUT2D eigenvalue weighted by atomic mass is 35.6. The van der Waals surface area contributed by atoms with Gasteiger partial charge in [-0.05, 0) is 18.5 Å². The molecule has 0 aliphatic heterocycles. The minimum atomic E-state index is -1.77. The molecule has 10 heavy (non-hydrogen) atoms. The van der Waals surface area contributed by atoms with Crippen molar-refractivity contribution in [2.45, 2.75) is 45.0 Å². The van der Waals surface area contributed by atoms with Crippen LogP contribution in [0.1, 0.15) is 27.2 Å². The Morgan fingerprint density at radius 1 is 1.30 bits per heavy atom. The summed E-state index contributed by atoms with van der Waals surface area (Å²) < 4.78 is 0. The third-order valence-electron chi connectivity index (χ3n) is 2.16. The molecule has 0 spiro atoms. The zero-order valence-corrected chi connectivity index (χ0v) is 8.78. The molecule has 3 heteroatoms. The minimum absolute atomic E-state index is 0.218. The third kappa shape index (κ3) is 2.26. The fourth-order valence-corrected chi connectivity index (χ4v) is 3.72. The van der Waals surface area contributed by atoms with Crippen molar-refractivity contribution in [1.29, 1.82) is 0 Å². The maximum atomic E-state index is 9.51. The second-order valence-electron chi connectivity index (χ2n) is 2.67. The molecule has 0 rings (SSSR count). The lowest BCUT2D eigenvalue weighted by Crippen LogP contribution is -2.40. The number of rotatable bonds is 4. The van der Waals surface area contributed by atoms with E-state index < -0.39 is 7.38 Å². The third-order valence-corrected chi connectivity index (χ3v) is 8.47. The monoisotopic (exact) mass is 180 g/mol. The topological polar surface area (TPSA) is 20.2 Å². The van der Waals surface area contributed by atoms with Gasteiger partial charge in [0, 0.05) is 0 Å². The van der Waals surface area contributed by atoms with Gasteiger partial charge in [-0.3, -0.25) is 0 Å². The van der Waals surface area contributed by atoms with Gasteiger partial charge in [-0.25, -0.2) is 0 Å². The quantitative estimate of drug-likeness (QED) is 0.521. The predicted molar refractivity (Wildman–Crippen MR) is 48.9 cm³/mol. The maximum absolute atomic E-state index is 9.51. The summed E-state index contributed by atoms with van der Waals surface area (Å²) in [7, 11) is -1.77. The van der Waals surface area contributed by atoms with Crippen molar-refractivity contribution in [3.8, 4) is 0 Å². The van der Waals surface area contributed by atoms with E-state index in [1.54, 1.807) is 0 Å². The van der Waals surface area contributed by atoms with Crippen molar-refractivity contribution in [2.75, 3.05) is 0 Å². The van der Waals surface area contributed by atoms with Gasteiger partial charge in [0.2, 0.25) is 0 Å². The Morgan fingerprint density at radius 2 is 1.70 bits per heavy atom. The minimum Gasteiger partial charge on any atom is -0.395 e. The van der Waals surface area contributed by atoms with E-state index in [0.717, 1.165) is 18.5 Å². The molecule has 0 bridgehead atoms.